The standard InChI is InChI=1S/C6H13BrO4.C6H12O4.C6H12O3.2CH4.Br2.Na.H2O/c1-10-6(9)4-11-3-5(8)2-7;1-8-6(7)4-9-2-5-3-10-5;1-3-4-9-5-6(7)8-2;;;1-2;;/h5-6,8-9H,2-4H2,1H3;5-7H,2-4H2,1H3;3,6-7H,1,4-5H2,2H3;2*1H4;;;1H2/q;;;;;;+1;/p-1. The zero-order valence-corrected chi connectivity index (χ0v) is 26.8. The Kier molecular flexibility index (Phi) is 65.5. The molecule has 0 aromatic rings. The predicted octanol–water partition coefficient (Wildman–Crippen LogP) is -0.965. The third-order valence-corrected chi connectivity index (χ3v) is 3.78. The summed E-state index contributed by atoms with van der Waals surface area (Å²) in [4.78, 5) is 0. The van der Waals surface area contributed by atoms with Gasteiger partial charge in [0.25, 0.3) is 0 Å². The fourth-order valence-electron chi connectivity index (χ4n) is 1.27. The fourth-order valence-corrected chi connectivity index (χ4v) is 1.46. The molecule has 36 heavy (non-hydrogen) atoms. The molecule has 0 amide bonds. The van der Waals surface area contributed by atoms with Crippen LogP contribution in [-0.2, 0) is 33.2 Å². The first-order valence-electron chi connectivity index (χ1n) is 9.31. The summed E-state index contributed by atoms with van der Waals surface area (Å²) in [6.07, 6.45) is -1.19. The average molecular weight is 741 g/mol. The first-order valence-corrected chi connectivity index (χ1v) is 14.1. The molecule has 1 heterocycles. The Morgan fingerprint density at radius 1 is 0.861 bits per heavy atom. The van der Waals surface area contributed by atoms with Crippen LogP contribution in [0.1, 0.15) is 14.9 Å². The van der Waals surface area contributed by atoms with Crippen molar-refractivity contribution in [2.24, 2.45) is 0 Å². The number of halogens is 3. The first-order chi connectivity index (χ1) is 15.3. The van der Waals surface area contributed by atoms with Gasteiger partial charge in [0.15, 0.2) is 18.9 Å². The molecule has 0 aliphatic carbocycles. The van der Waals surface area contributed by atoms with Crippen molar-refractivity contribution < 1.29 is 88.6 Å². The van der Waals surface area contributed by atoms with Crippen LogP contribution in [0.4, 0.5) is 0 Å². The molecule has 220 valence electrons. The minimum absolute atomic E-state index is 0. The molecule has 0 radical (unpaired) electrons. The molecule has 5 unspecified atom stereocenters. The Labute approximate surface area is 262 Å². The smallest absolute Gasteiger partial charge is 0.870 e. The summed E-state index contributed by atoms with van der Waals surface area (Å²) >= 11 is 8.58. The van der Waals surface area contributed by atoms with Gasteiger partial charge in [-0.05, 0) is 0 Å². The maximum atomic E-state index is 8.95. The van der Waals surface area contributed by atoms with Gasteiger partial charge in [0.2, 0.25) is 0 Å². The monoisotopic (exact) mass is 738 g/mol. The van der Waals surface area contributed by atoms with Crippen molar-refractivity contribution in [3.8, 4) is 0 Å². The summed E-state index contributed by atoms with van der Waals surface area (Å²) in [5.41, 5.74) is 0. The summed E-state index contributed by atoms with van der Waals surface area (Å²) in [7, 11) is 4.23. The Balaban J connectivity index is -0.0000000644. The van der Waals surface area contributed by atoms with E-state index in [9.17, 15) is 0 Å². The molecule has 12 nitrogen and oxygen atoms in total. The first kappa shape index (κ1) is 53.9. The van der Waals surface area contributed by atoms with Crippen LogP contribution in [0.5, 0.6) is 0 Å². The van der Waals surface area contributed by atoms with Crippen LogP contribution in [-0.4, -0.2) is 130 Å². The van der Waals surface area contributed by atoms with Crippen molar-refractivity contribution in [2.75, 3.05) is 72.9 Å². The number of aliphatic hydroxyl groups excluding tert-OH is 4. The van der Waals surface area contributed by atoms with Gasteiger partial charge in [0.05, 0.1) is 52.4 Å². The van der Waals surface area contributed by atoms with Gasteiger partial charge >= 0.3 is 29.6 Å². The molecular weight excluding hydrogens is 695 g/mol. The van der Waals surface area contributed by atoms with Crippen LogP contribution in [0.3, 0.4) is 0 Å². The van der Waals surface area contributed by atoms with Crippen molar-refractivity contribution in [3.05, 3.63) is 12.7 Å². The molecule has 0 spiro atoms. The van der Waals surface area contributed by atoms with Gasteiger partial charge < -0.3 is 59.1 Å². The molecule has 0 saturated carbocycles. The summed E-state index contributed by atoms with van der Waals surface area (Å²) in [6.45, 7) is 5.92. The number of hydrogen-bond donors (Lipinski definition) is 4. The van der Waals surface area contributed by atoms with E-state index in [-0.39, 0.29) is 82.4 Å². The predicted molar refractivity (Wildman–Crippen MR) is 144 cm³/mol. The molecule has 0 bridgehead atoms. The van der Waals surface area contributed by atoms with Gasteiger partial charge in [0, 0.05) is 54.9 Å². The minimum Gasteiger partial charge on any atom is -0.870 e. The van der Waals surface area contributed by atoms with Crippen LogP contribution in [0.15, 0.2) is 12.7 Å². The summed E-state index contributed by atoms with van der Waals surface area (Å²) in [5, 5.41) is 35.7. The van der Waals surface area contributed by atoms with E-state index in [1.165, 1.54) is 21.3 Å². The number of rotatable bonds is 16. The van der Waals surface area contributed by atoms with Crippen molar-refractivity contribution in [1.29, 1.82) is 0 Å². The zero-order chi connectivity index (χ0) is 25.2. The normalized spacial score (nSPS) is 15.8. The topological polar surface area (TPSA) is 179 Å². The van der Waals surface area contributed by atoms with Crippen LogP contribution >= 0.6 is 44.2 Å². The largest absolute Gasteiger partial charge is 1.00 e. The van der Waals surface area contributed by atoms with Crippen LogP contribution < -0.4 is 29.6 Å². The quantitative estimate of drug-likeness (QED) is 0.0381. The van der Waals surface area contributed by atoms with E-state index in [0.29, 0.717) is 18.5 Å². The second-order valence-electron chi connectivity index (χ2n) is 5.74. The van der Waals surface area contributed by atoms with Crippen molar-refractivity contribution in [2.45, 2.75) is 45.9 Å². The maximum Gasteiger partial charge on any atom is 1.00 e. The molecular formula is C20H46Br3NaO12. The van der Waals surface area contributed by atoms with E-state index in [1.807, 2.05) is 0 Å². The van der Waals surface area contributed by atoms with E-state index in [4.69, 9.17) is 39.4 Å². The number of hydrogen-bond acceptors (Lipinski definition) is 12. The molecule has 0 aromatic carbocycles. The van der Waals surface area contributed by atoms with Crippen LogP contribution in [0, 0.1) is 0 Å². The van der Waals surface area contributed by atoms with Crippen molar-refractivity contribution in [3.63, 3.8) is 0 Å². The van der Waals surface area contributed by atoms with Crippen LogP contribution in [0.2, 0.25) is 0 Å². The Hall–Kier alpha value is 1.70. The molecule has 5 atom stereocenters. The van der Waals surface area contributed by atoms with E-state index < -0.39 is 25.0 Å². The molecule has 0 aromatic heterocycles. The van der Waals surface area contributed by atoms with Crippen LogP contribution in [0.25, 0.3) is 0 Å². The SMILES string of the molecule is BrBr.C.C.C=CCOCC(O)OC.COC(O)COCC(O)CBr.COC(O)COCC1CO1.[Na+].[OH-]. The van der Waals surface area contributed by atoms with Crippen molar-refractivity contribution >= 4 is 44.2 Å². The molecule has 5 N–H and O–H groups in total. The summed E-state index contributed by atoms with van der Waals surface area (Å²) in [6, 6.07) is 0. The fraction of sp³-hybridized carbons (Fsp3) is 0.900. The zero-order valence-electron chi connectivity index (χ0n) is 20.1. The average Bonchev–Trinajstić information content (AvgIpc) is 3.65. The van der Waals surface area contributed by atoms with Gasteiger partial charge in [-0.1, -0.05) is 36.9 Å². The number of ether oxygens (including phenoxy) is 7. The van der Waals surface area contributed by atoms with Gasteiger partial charge in [-0.2, -0.15) is 0 Å². The number of methoxy groups -OCH3 is 3. The van der Waals surface area contributed by atoms with Gasteiger partial charge in [0.1, 0.15) is 6.10 Å². The van der Waals surface area contributed by atoms with Gasteiger partial charge in [-0.15, -0.1) is 6.58 Å². The molecule has 1 aliphatic rings. The number of alkyl halides is 1. The Morgan fingerprint density at radius 3 is 1.58 bits per heavy atom. The van der Waals surface area contributed by atoms with E-state index in [2.05, 4.69) is 65.0 Å². The third kappa shape index (κ3) is 48.7. The van der Waals surface area contributed by atoms with Gasteiger partial charge in [-0.3, -0.25) is 0 Å². The Bertz CT molecular complexity index is 369. The van der Waals surface area contributed by atoms with Gasteiger partial charge in [-0.25, -0.2) is 0 Å². The summed E-state index contributed by atoms with van der Waals surface area (Å²) in [5.74, 6) is 0. The summed E-state index contributed by atoms with van der Waals surface area (Å²) < 4.78 is 33.2. The number of aliphatic hydroxyl groups is 4. The van der Waals surface area contributed by atoms with Crippen molar-refractivity contribution in [1.82, 2.24) is 0 Å². The molecule has 1 rings (SSSR count). The molecule has 1 fully saturated rings. The van der Waals surface area contributed by atoms with E-state index in [1.54, 1.807) is 6.08 Å². The molecule has 16 heteroatoms. The number of epoxide rings is 1. The third-order valence-electron chi connectivity index (χ3n) is 3.03. The second kappa shape index (κ2) is 43.7. The molecule has 1 saturated heterocycles. The molecule has 1 aliphatic heterocycles. The van der Waals surface area contributed by atoms with E-state index in [0.717, 1.165) is 6.61 Å². The second-order valence-corrected chi connectivity index (χ2v) is 6.38. The van der Waals surface area contributed by atoms with E-state index >= 15 is 0 Å². The maximum absolute atomic E-state index is 8.95. The minimum atomic E-state index is -0.905. The Morgan fingerprint density at radius 2 is 1.25 bits per heavy atom.